The average molecular weight is 228 g/mol. The van der Waals surface area contributed by atoms with Gasteiger partial charge in [0, 0.05) is 12.1 Å². The molecule has 1 aromatic rings. The highest BCUT2D eigenvalue weighted by Crippen LogP contribution is 2.34. The van der Waals surface area contributed by atoms with Gasteiger partial charge in [-0.15, -0.1) is 0 Å². The molecule has 2 N–H and O–H groups in total. The number of methoxy groups -OCH3 is 1. The molecule has 0 amide bonds. The fourth-order valence-electron chi connectivity index (χ4n) is 1.46. The largest absolute Gasteiger partial charge is 0.495 e. The maximum absolute atomic E-state index is 6.14. The Morgan fingerprint density at radius 2 is 1.93 bits per heavy atom. The van der Waals surface area contributed by atoms with Gasteiger partial charge in [-0.3, -0.25) is 0 Å². The van der Waals surface area contributed by atoms with Crippen LogP contribution < -0.4 is 10.5 Å². The molecule has 0 radical (unpaired) electrons. The zero-order chi connectivity index (χ0) is 11.6. The molecule has 0 aliphatic heterocycles. The molecule has 3 heteroatoms. The molecule has 0 fully saturated rings. The van der Waals surface area contributed by atoms with Crippen molar-refractivity contribution in [3.8, 4) is 5.75 Å². The van der Waals surface area contributed by atoms with E-state index in [1.165, 1.54) is 5.56 Å². The first-order valence-electron chi connectivity index (χ1n) is 4.97. The Morgan fingerprint density at radius 3 is 2.33 bits per heavy atom. The molecule has 0 atom stereocenters. The standard InChI is InChI=1S/C12H18ClNO/c1-12(2,3)9-5-8(7-14)11(15-4)10(13)6-9/h5-6H,7,14H2,1-4H3. The van der Waals surface area contributed by atoms with Crippen molar-refractivity contribution < 1.29 is 4.74 Å². The second-order valence-corrected chi connectivity index (χ2v) is 5.01. The minimum Gasteiger partial charge on any atom is -0.495 e. The summed E-state index contributed by atoms with van der Waals surface area (Å²) in [6.45, 7) is 6.87. The number of ether oxygens (including phenoxy) is 1. The van der Waals surface area contributed by atoms with E-state index in [1.807, 2.05) is 6.07 Å². The Bertz CT molecular complexity index is 355. The fourth-order valence-corrected chi connectivity index (χ4v) is 1.78. The van der Waals surface area contributed by atoms with Crippen LogP contribution >= 0.6 is 11.6 Å². The van der Waals surface area contributed by atoms with E-state index in [9.17, 15) is 0 Å². The number of halogens is 1. The summed E-state index contributed by atoms with van der Waals surface area (Å²) in [6.07, 6.45) is 0. The second kappa shape index (κ2) is 4.42. The van der Waals surface area contributed by atoms with E-state index in [0.29, 0.717) is 17.3 Å². The van der Waals surface area contributed by atoms with Crippen LogP contribution in [-0.2, 0) is 12.0 Å². The van der Waals surface area contributed by atoms with E-state index in [0.717, 1.165) is 5.56 Å². The SMILES string of the molecule is COc1c(Cl)cc(C(C)(C)C)cc1CN. The minimum absolute atomic E-state index is 0.0693. The van der Waals surface area contributed by atoms with E-state index < -0.39 is 0 Å². The molecule has 0 saturated carbocycles. The summed E-state index contributed by atoms with van der Waals surface area (Å²) >= 11 is 6.14. The number of hydrogen-bond acceptors (Lipinski definition) is 2. The van der Waals surface area contributed by atoms with Crippen molar-refractivity contribution in [2.24, 2.45) is 5.73 Å². The van der Waals surface area contributed by atoms with Crippen molar-refractivity contribution in [3.05, 3.63) is 28.3 Å². The third-order valence-electron chi connectivity index (χ3n) is 2.41. The van der Waals surface area contributed by atoms with Crippen molar-refractivity contribution in [1.82, 2.24) is 0 Å². The first-order valence-corrected chi connectivity index (χ1v) is 5.35. The number of benzene rings is 1. The van der Waals surface area contributed by atoms with Crippen LogP contribution in [0.4, 0.5) is 0 Å². The van der Waals surface area contributed by atoms with Gasteiger partial charge in [0.2, 0.25) is 0 Å². The Balaban J connectivity index is 3.32. The average Bonchev–Trinajstić information content (AvgIpc) is 2.15. The van der Waals surface area contributed by atoms with Gasteiger partial charge in [-0.05, 0) is 17.0 Å². The Morgan fingerprint density at radius 1 is 1.33 bits per heavy atom. The lowest BCUT2D eigenvalue weighted by Gasteiger charge is -2.21. The highest BCUT2D eigenvalue weighted by Gasteiger charge is 2.18. The molecule has 0 heterocycles. The quantitative estimate of drug-likeness (QED) is 0.843. The first kappa shape index (κ1) is 12.3. The van der Waals surface area contributed by atoms with Gasteiger partial charge in [-0.25, -0.2) is 0 Å². The van der Waals surface area contributed by atoms with E-state index in [-0.39, 0.29) is 5.41 Å². The molecule has 0 aliphatic rings. The van der Waals surface area contributed by atoms with Gasteiger partial charge in [0.15, 0.2) is 0 Å². The van der Waals surface area contributed by atoms with E-state index in [1.54, 1.807) is 7.11 Å². The summed E-state index contributed by atoms with van der Waals surface area (Å²) < 4.78 is 5.22. The lowest BCUT2D eigenvalue weighted by Crippen LogP contribution is -2.13. The zero-order valence-corrected chi connectivity index (χ0v) is 10.5. The molecule has 1 rings (SSSR count). The van der Waals surface area contributed by atoms with Crippen LogP contribution in [0, 0.1) is 0 Å². The van der Waals surface area contributed by atoms with Gasteiger partial charge in [-0.2, -0.15) is 0 Å². The topological polar surface area (TPSA) is 35.2 Å². The highest BCUT2D eigenvalue weighted by molar-refractivity contribution is 6.32. The molecule has 0 bridgehead atoms. The third kappa shape index (κ3) is 2.64. The molecule has 1 aromatic carbocycles. The van der Waals surface area contributed by atoms with Gasteiger partial charge in [-0.1, -0.05) is 38.4 Å². The summed E-state index contributed by atoms with van der Waals surface area (Å²) in [5.74, 6) is 0.687. The molecule has 15 heavy (non-hydrogen) atoms. The van der Waals surface area contributed by atoms with Crippen molar-refractivity contribution in [2.45, 2.75) is 32.7 Å². The summed E-state index contributed by atoms with van der Waals surface area (Å²) in [4.78, 5) is 0. The van der Waals surface area contributed by atoms with E-state index >= 15 is 0 Å². The summed E-state index contributed by atoms with van der Waals surface area (Å²) in [5, 5.41) is 0.630. The van der Waals surface area contributed by atoms with Gasteiger partial charge in [0.05, 0.1) is 12.1 Å². The molecule has 0 spiro atoms. The molecule has 84 valence electrons. The summed E-state index contributed by atoms with van der Waals surface area (Å²) in [7, 11) is 1.61. The maximum atomic E-state index is 6.14. The van der Waals surface area contributed by atoms with Gasteiger partial charge in [0.1, 0.15) is 5.75 Å². The van der Waals surface area contributed by atoms with Crippen molar-refractivity contribution in [3.63, 3.8) is 0 Å². The lowest BCUT2D eigenvalue weighted by molar-refractivity contribution is 0.409. The van der Waals surface area contributed by atoms with Crippen molar-refractivity contribution in [2.75, 3.05) is 7.11 Å². The van der Waals surface area contributed by atoms with Crippen molar-refractivity contribution >= 4 is 11.6 Å². The molecule has 2 nitrogen and oxygen atoms in total. The van der Waals surface area contributed by atoms with Crippen LogP contribution in [0.2, 0.25) is 5.02 Å². The zero-order valence-electron chi connectivity index (χ0n) is 9.73. The monoisotopic (exact) mass is 227 g/mol. The predicted octanol–water partition coefficient (Wildman–Crippen LogP) is 3.10. The van der Waals surface area contributed by atoms with Crippen LogP contribution in [0.5, 0.6) is 5.75 Å². The number of nitrogens with two attached hydrogens (primary N) is 1. The van der Waals surface area contributed by atoms with Crippen LogP contribution in [-0.4, -0.2) is 7.11 Å². The van der Waals surface area contributed by atoms with Crippen LogP contribution in [0.25, 0.3) is 0 Å². The second-order valence-electron chi connectivity index (χ2n) is 4.60. The normalized spacial score (nSPS) is 11.6. The Kier molecular flexibility index (Phi) is 3.63. The summed E-state index contributed by atoms with van der Waals surface area (Å²) in [6, 6.07) is 4.00. The number of hydrogen-bond donors (Lipinski definition) is 1. The Hall–Kier alpha value is -0.730. The molecular weight excluding hydrogens is 210 g/mol. The minimum atomic E-state index is 0.0693. The van der Waals surface area contributed by atoms with Gasteiger partial charge in [0.25, 0.3) is 0 Å². The fraction of sp³-hybridized carbons (Fsp3) is 0.500. The van der Waals surface area contributed by atoms with Crippen LogP contribution in [0.3, 0.4) is 0 Å². The molecule has 0 unspecified atom stereocenters. The molecule has 0 saturated heterocycles. The predicted molar refractivity (Wildman–Crippen MR) is 64.6 cm³/mol. The molecular formula is C12H18ClNO. The van der Waals surface area contributed by atoms with E-state index in [2.05, 4.69) is 26.8 Å². The third-order valence-corrected chi connectivity index (χ3v) is 2.69. The van der Waals surface area contributed by atoms with Crippen LogP contribution in [0.1, 0.15) is 31.9 Å². The maximum Gasteiger partial charge on any atom is 0.141 e. The van der Waals surface area contributed by atoms with Crippen LogP contribution in [0.15, 0.2) is 12.1 Å². The lowest BCUT2D eigenvalue weighted by atomic mass is 9.86. The number of rotatable bonds is 2. The molecule has 0 aliphatic carbocycles. The van der Waals surface area contributed by atoms with Gasteiger partial charge < -0.3 is 10.5 Å². The van der Waals surface area contributed by atoms with Gasteiger partial charge >= 0.3 is 0 Å². The smallest absolute Gasteiger partial charge is 0.141 e. The first-order chi connectivity index (χ1) is 6.90. The highest BCUT2D eigenvalue weighted by atomic mass is 35.5. The Labute approximate surface area is 96.4 Å². The summed E-state index contributed by atoms with van der Waals surface area (Å²) in [5.41, 5.74) is 7.87. The molecule has 0 aromatic heterocycles. The van der Waals surface area contributed by atoms with Crippen molar-refractivity contribution in [1.29, 1.82) is 0 Å². The van der Waals surface area contributed by atoms with E-state index in [4.69, 9.17) is 22.1 Å².